The minimum Gasteiger partial charge on any atom is -0.295 e. The van der Waals surface area contributed by atoms with E-state index < -0.39 is 10.0 Å². The van der Waals surface area contributed by atoms with Crippen molar-refractivity contribution in [2.45, 2.75) is 24.8 Å². The lowest BCUT2D eigenvalue weighted by Gasteiger charge is -2.36. The molecule has 0 spiro atoms. The first-order valence-corrected chi connectivity index (χ1v) is 11.8. The van der Waals surface area contributed by atoms with Crippen molar-refractivity contribution in [2.75, 3.05) is 26.2 Å². The summed E-state index contributed by atoms with van der Waals surface area (Å²) in [6, 6.07) is 14.4. The van der Waals surface area contributed by atoms with E-state index in [-0.39, 0.29) is 16.7 Å². The number of carbonyl (C=O) groups is 1. The smallest absolute Gasteiger partial charge is 0.243 e. The van der Waals surface area contributed by atoms with Gasteiger partial charge in [0.2, 0.25) is 10.0 Å². The van der Waals surface area contributed by atoms with Crippen LogP contribution in [0.5, 0.6) is 0 Å². The number of hydrogen-bond acceptors (Lipinski definition) is 6. The molecule has 1 atom stereocenters. The number of thiazole rings is 1. The van der Waals surface area contributed by atoms with Crippen molar-refractivity contribution in [3.63, 3.8) is 0 Å². The summed E-state index contributed by atoms with van der Waals surface area (Å²) in [5.74, 6) is -0.0774. The molecule has 29 heavy (non-hydrogen) atoms. The normalized spacial score (nSPS) is 17.4. The summed E-state index contributed by atoms with van der Waals surface area (Å²) in [6.45, 7) is 5.78. The molecule has 1 fully saturated rings. The SMILES string of the molecule is CC(=O)c1ccc(S(=O)(=O)N2CCN(C(C)c3nc4ccccc4s3)CC2)cc1. The molecule has 6 nitrogen and oxygen atoms in total. The molecule has 0 bridgehead atoms. The molecule has 1 unspecified atom stereocenters. The van der Waals surface area contributed by atoms with E-state index in [9.17, 15) is 13.2 Å². The molecular formula is C21H23N3O3S2. The summed E-state index contributed by atoms with van der Waals surface area (Å²) >= 11 is 1.69. The summed E-state index contributed by atoms with van der Waals surface area (Å²) in [5, 5.41) is 1.06. The van der Waals surface area contributed by atoms with Gasteiger partial charge in [-0.05, 0) is 38.1 Å². The van der Waals surface area contributed by atoms with Gasteiger partial charge in [-0.25, -0.2) is 13.4 Å². The minimum atomic E-state index is -3.56. The second-order valence-corrected chi connectivity index (χ2v) is 10.2. The van der Waals surface area contributed by atoms with Gasteiger partial charge in [-0.3, -0.25) is 9.69 Å². The number of benzene rings is 2. The highest BCUT2D eigenvalue weighted by molar-refractivity contribution is 7.89. The van der Waals surface area contributed by atoms with Crippen LogP contribution in [0.15, 0.2) is 53.4 Å². The van der Waals surface area contributed by atoms with Crippen LogP contribution in [-0.4, -0.2) is 54.6 Å². The molecule has 2 heterocycles. The van der Waals surface area contributed by atoms with E-state index in [1.807, 2.05) is 18.2 Å². The molecule has 8 heteroatoms. The number of nitrogens with zero attached hydrogens (tertiary/aromatic N) is 3. The van der Waals surface area contributed by atoms with Crippen molar-refractivity contribution in [2.24, 2.45) is 0 Å². The zero-order valence-electron chi connectivity index (χ0n) is 16.4. The summed E-state index contributed by atoms with van der Waals surface area (Å²) in [6.07, 6.45) is 0. The van der Waals surface area contributed by atoms with Gasteiger partial charge in [0.1, 0.15) is 5.01 Å². The number of fused-ring (bicyclic) bond motifs is 1. The van der Waals surface area contributed by atoms with E-state index in [2.05, 4.69) is 17.9 Å². The van der Waals surface area contributed by atoms with Crippen molar-refractivity contribution in [3.8, 4) is 0 Å². The average molecular weight is 430 g/mol. The van der Waals surface area contributed by atoms with Crippen LogP contribution in [0.2, 0.25) is 0 Å². The number of carbonyl (C=O) groups excluding carboxylic acids is 1. The Morgan fingerprint density at radius 3 is 2.31 bits per heavy atom. The quantitative estimate of drug-likeness (QED) is 0.580. The molecule has 0 N–H and O–H groups in total. The van der Waals surface area contributed by atoms with Crippen molar-refractivity contribution in [1.82, 2.24) is 14.2 Å². The third-order valence-corrected chi connectivity index (χ3v) is 8.51. The maximum absolute atomic E-state index is 12.9. The zero-order chi connectivity index (χ0) is 20.6. The molecule has 152 valence electrons. The molecular weight excluding hydrogens is 406 g/mol. The van der Waals surface area contributed by atoms with E-state index in [0.29, 0.717) is 31.7 Å². The highest BCUT2D eigenvalue weighted by atomic mass is 32.2. The second-order valence-electron chi connectivity index (χ2n) is 7.22. The Balaban J connectivity index is 1.44. The van der Waals surface area contributed by atoms with Crippen molar-refractivity contribution in [3.05, 3.63) is 59.1 Å². The van der Waals surface area contributed by atoms with Crippen molar-refractivity contribution in [1.29, 1.82) is 0 Å². The van der Waals surface area contributed by atoms with E-state index in [1.165, 1.54) is 28.1 Å². The van der Waals surface area contributed by atoms with Crippen LogP contribution >= 0.6 is 11.3 Å². The third-order valence-electron chi connectivity index (χ3n) is 5.39. The number of sulfonamides is 1. The molecule has 4 rings (SSSR count). The molecule has 1 aliphatic heterocycles. The third kappa shape index (κ3) is 3.98. The standard InChI is InChI=1S/C21H23N3O3S2/c1-15(21-22-19-5-3-4-6-20(19)28-21)23-11-13-24(14-12-23)29(26,27)18-9-7-17(8-10-18)16(2)25/h3-10,15H,11-14H2,1-2H3. The maximum Gasteiger partial charge on any atom is 0.243 e. The van der Waals surface area contributed by atoms with Gasteiger partial charge >= 0.3 is 0 Å². The largest absolute Gasteiger partial charge is 0.295 e. The first kappa shape index (κ1) is 20.2. The lowest BCUT2D eigenvalue weighted by molar-refractivity contribution is 0.101. The lowest BCUT2D eigenvalue weighted by atomic mass is 10.2. The minimum absolute atomic E-state index is 0.0774. The van der Waals surface area contributed by atoms with E-state index >= 15 is 0 Å². The number of hydrogen-bond donors (Lipinski definition) is 0. The fourth-order valence-corrected chi connectivity index (χ4v) is 6.04. The summed E-state index contributed by atoms with van der Waals surface area (Å²) in [7, 11) is -3.56. The van der Waals surface area contributed by atoms with Gasteiger partial charge in [0.15, 0.2) is 5.78 Å². The summed E-state index contributed by atoms with van der Waals surface area (Å²) in [5.41, 5.74) is 1.52. The van der Waals surface area contributed by atoms with Crippen LogP contribution in [0.3, 0.4) is 0 Å². The van der Waals surface area contributed by atoms with Gasteiger partial charge < -0.3 is 0 Å². The molecule has 1 saturated heterocycles. The Morgan fingerprint density at radius 2 is 1.69 bits per heavy atom. The highest BCUT2D eigenvalue weighted by Gasteiger charge is 2.31. The van der Waals surface area contributed by atoms with Gasteiger partial charge in [0.05, 0.1) is 21.2 Å². The number of para-hydroxylation sites is 1. The molecule has 2 aromatic carbocycles. The molecule has 1 aliphatic rings. The van der Waals surface area contributed by atoms with Gasteiger partial charge in [0.25, 0.3) is 0 Å². The number of aromatic nitrogens is 1. The topological polar surface area (TPSA) is 70.6 Å². The monoisotopic (exact) mass is 429 g/mol. The number of piperazine rings is 1. The Morgan fingerprint density at radius 1 is 1.03 bits per heavy atom. The predicted octanol–water partition coefficient (Wildman–Crippen LogP) is 3.57. The number of Topliss-reactive ketones (excluding diaryl/α,β-unsaturated/α-hetero) is 1. The van der Waals surface area contributed by atoms with Crippen LogP contribution in [0.4, 0.5) is 0 Å². The fraction of sp³-hybridized carbons (Fsp3) is 0.333. The molecule has 0 aliphatic carbocycles. The Hall–Kier alpha value is -2.13. The summed E-state index contributed by atoms with van der Waals surface area (Å²) in [4.78, 5) is 18.7. The first-order valence-electron chi connectivity index (χ1n) is 9.57. The molecule has 0 radical (unpaired) electrons. The highest BCUT2D eigenvalue weighted by Crippen LogP contribution is 2.30. The van der Waals surface area contributed by atoms with E-state index in [0.717, 1.165) is 10.5 Å². The second kappa shape index (κ2) is 7.95. The molecule has 3 aromatic rings. The van der Waals surface area contributed by atoms with Crippen molar-refractivity contribution < 1.29 is 13.2 Å². The summed E-state index contributed by atoms with van der Waals surface area (Å²) < 4.78 is 28.6. The Labute approximate surface area is 174 Å². The van der Waals surface area contributed by atoms with Crippen LogP contribution < -0.4 is 0 Å². The van der Waals surface area contributed by atoms with Crippen LogP contribution in [-0.2, 0) is 10.0 Å². The van der Waals surface area contributed by atoms with E-state index in [4.69, 9.17) is 4.98 Å². The van der Waals surface area contributed by atoms with Gasteiger partial charge in [-0.2, -0.15) is 4.31 Å². The van der Waals surface area contributed by atoms with Gasteiger partial charge in [-0.15, -0.1) is 11.3 Å². The first-order chi connectivity index (χ1) is 13.9. The van der Waals surface area contributed by atoms with Crippen LogP contribution in [0.25, 0.3) is 10.2 Å². The van der Waals surface area contributed by atoms with Gasteiger partial charge in [0, 0.05) is 31.7 Å². The molecule has 0 amide bonds. The number of rotatable bonds is 5. The van der Waals surface area contributed by atoms with E-state index in [1.54, 1.807) is 23.5 Å². The van der Waals surface area contributed by atoms with Crippen molar-refractivity contribution >= 4 is 37.4 Å². The van der Waals surface area contributed by atoms with Crippen LogP contribution in [0.1, 0.15) is 35.3 Å². The van der Waals surface area contributed by atoms with Crippen LogP contribution in [0, 0.1) is 0 Å². The predicted molar refractivity (Wildman–Crippen MR) is 115 cm³/mol. The number of ketones is 1. The lowest BCUT2D eigenvalue weighted by Crippen LogP contribution is -2.49. The molecule has 1 aromatic heterocycles. The zero-order valence-corrected chi connectivity index (χ0v) is 18.0. The molecule has 0 saturated carbocycles. The maximum atomic E-state index is 12.9. The van der Waals surface area contributed by atoms with Gasteiger partial charge in [-0.1, -0.05) is 24.3 Å². The Bertz CT molecular complexity index is 1100. The average Bonchev–Trinajstić information content (AvgIpc) is 3.17. The fourth-order valence-electron chi connectivity index (χ4n) is 3.57. The Kier molecular flexibility index (Phi) is 5.52.